The van der Waals surface area contributed by atoms with E-state index >= 15 is 0 Å². The predicted octanol–water partition coefficient (Wildman–Crippen LogP) is 4.08. The van der Waals surface area contributed by atoms with E-state index in [-0.39, 0.29) is 5.56 Å². The van der Waals surface area contributed by atoms with Gasteiger partial charge in [0.2, 0.25) is 11.8 Å². The lowest BCUT2D eigenvalue weighted by Gasteiger charge is -2.54. The van der Waals surface area contributed by atoms with E-state index in [4.69, 9.17) is 34.8 Å². The van der Waals surface area contributed by atoms with Crippen molar-refractivity contribution in [2.24, 2.45) is 11.8 Å². The topological polar surface area (TPSA) is 95.6 Å². The average Bonchev–Trinajstić information content (AvgIpc) is 3.21. The lowest BCUT2D eigenvalue weighted by atomic mass is 9.54. The average molecular weight is 569 g/mol. The molecule has 0 radical (unpaired) electrons. The number of nitrogens with one attached hydrogen (secondary N) is 2. The van der Waals surface area contributed by atoms with Crippen LogP contribution in [0, 0.1) is 11.8 Å². The number of halogens is 3. The summed E-state index contributed by atoms with van der Waals surface area (Å²) in [6.45, 7) is 1.42. The van der Waals surface area contributed by atoms with Crippen LogP contribution in [-0.4, -0.2) is 34.6 Å². The number of alkyl halides is 2. The Morgan fingerprint density at radius 3 is 1.61 bits per heavy atom. The molecule has 3 aromatic carbocycles. The van der Waals surface area contributed by atoms with Crippen LogP contribution in [0.2, 0.25) is 5.02 Å². The minimum Gasteiger partial charge on any atom is -0.274 e. The molecular weight excluding hydrogens is 549 g/mol. The Kier molecular flexibility index (Phi) is 5.61. The van der Waals surface area contributed by atoms with Gasteiger partial charge in [-0.1, -0.05) is 60.1 Å². The van der Waals surface area contributed by atoms with Gasteiger partial charge in [0.15, 0.2) is 0 Å². The Balaban J connectivity index is 1.33. The number of carbonyl (C=O) groups excluding carboxylic acids is 4. The van der Waals surface area contributed by atoms with Crippen molar-refractivity contribution in [2.75, 3.05) is 0 Å². The van der Waals surface area contributed by atoms with Crippen LogP contribution in [0.3, 0.4) is 0 Å². The summed E-state index contributed by atoms with van der Waals surface area (Å²) in [5.41, 5.74) is 7.57. The number of imide groups is 1. The highest BCUT2D eigenvalue weighted by Gasteiger charge is 2.73. The fourth-order valence-electron chi connectivity index (χ4n) is 6.08. The summed E-state index contributed by atoms with van der Waals surface area (Å²) < 4.78 is 0. The zero-order valence-electron chi connectivity index (χ0n) is 19.9. The van der Waals surface area contributed by atoms with Crippen molar-refractivity contribution in [1.82, 2.24) is 15.8 Å². The summed E-state index contributed by atoms with van der Waals surface area (Å²) >= 11 is 20.6. The molecule has 7 rings (SSSR count). The molecule has 1 aliphatic heterocycles. The second-order valence-corrected chi connectivity index (χ2v) is 11.3. The molecule has 0 aromatic heterocycles. The first-order valence-electron chi connectivity index (χ1n) is 11.9. The van der Waals surface area contributed by atoms with Crippen LogP contribution in [0.1, 0.15) is 39.5 Å². The molecule has 0 saturated carbocycles. The zero-order valence-corrected chi connectivity index (χ0v) is 22.1. The lowest BCUT2D eigenvalue weighted by Crippen LogP contribution is -2.57. The van der Waals surface area contributed by atoms with Gasteiger partial charge >= 0.3 is 0 Å². The molecule has 4 amide bonds. The standard InChI is InChI=1S/C28H20Cl3N3O4/c1-14(23(35)32-33-24(36)15-10-12-16(29)13-11-15)34-25(37)21-22(26(34)38)28(31)18-7-3-2-6-17(18)27(21,30)19-8-4-5-9-20(19)28/h2-14,21-22H,1H3,(H,32,35)(H,33,36)/t14-,21-,22+,27?,28?/m0/s1. The molecule has 0 spiro atoms. The minimum atomic E-state index is -1.34. The maximum atomic E-state index is 13.9. The van der Waals surface area contributed by atoms with Crippen LogP contribution < -0.4 is 10.9 Å². The number of benzene rings is 3. The van der Waals surface area contributed by atoms with Gasteiger partial charge in [-0.2, -0.15) is 0 Å². The SMILES string of the molecule is C[C@@H](C(=O)NNC(=O)c1ccc(Cl)cc1)N1C(=O)[C@@H]2[C@H](C1=O)C1(Cl)c3ccccc3C2(Cl)c2ccccc21. The van der Waals surface area contributed by atoms with Crippen LogP contribution >= 0.6 is 34.8 Å². The van der Waals surface area contributed by atoms with Crippen LogP contribution in [0.25, 0.3) is 0 Å². The van der Waals surface area contributed by atoms with Crippen molar-refractivity contribution in [1.29, 1.82) is 0 Å². The second-order valence-electron chi connectivity index (χ2n) is 9.64. The molecule has 2 N–H and O–H groups in total. The van der Waals surface area contributed by atoms with E-state index < -0.39 is 51.3 Å². The van der Waals surface area contributed by atoms with Gasteiger partial charge in [-0.25, -0.2) is 0 Å². The fraction of sp³-hybridized carbons (Fsp3) is 0.214. The fourth-order valence-corrected chi connectivity index (χ4v) is 7.31. The summed E-state index contributed by atoms with van der Waals surface area (Å²) in [7, 11) is 0. The first kappa shape index (κ1) is 24.9. The number of hydrogen-bond acceptors (Lipinski definition) is 4. The molecule has 1 heterocycles. The highest BCUT2D eigenvalue weighted by molar-refractivity contribution is 6.36. The van der Waals surface area contributed by atoms with Crippen LogP contribution in [0.15, 0.2) is 72.8 Å². The maximum absolute atomic E-state index is 13.9. The highest BCUT2D eigenvalue weighted by Crippen LogP contribution is 2.69. The van der Waals surface area contributed by atoms with E-state index in [9.17, 15) is 19.2 Å². The largest absolute Gasteiger partial charge is 0.274 e. The Labute approximate surface area is 233 Å². The van der Waals surface area contributed by atoms with E-state index in [1.165, 1.54) is 19.1 Å². The number of hydrazine groups is 1. The molecule has 7 nitrogen and oxygen atoms in total. The molecule has 2 bridgehead atoms. The molecular formula is C28H20Cl3N3O4. The number of hydrogen-bond donors (Lipinski definition) is 2. The molecule has 38 heavy (non-hydrogen) atoms. The zero-order chi connectivity index (χ0) is 27.0. The summed E-state index contributed by atoms with van der Waals surface area (Å²) in [5, 5.41) is 0.458. The molecule has 4 aliphatic rings. The summed E-state index contributed by atoms with van der Waals surface area (Å²) in [6.07, 6.45) is 0. The van der Waals surface area contributed by atoms with E-state index in [0.717, 1.165) is 4.90 Å². The van der Waals surface area contributed by atoms with Gasteiger partial charge in [-0.3, -0.25) is 34.9 Å². The lowest BCUT2D eigenvalue weighted by molar-refractivity contribution is -0.147. The normalized spacial score (nSPS) is 27.3. The van der Waals surface area contributed by atoms with Gasteiger partial charge in [-0.05, 0) is 53.4 Å². The number of nitrogens with zero attached hydrogens (tertiary/aromatic N) is 1. The Morgan fingerprint density at radius 2 is 1.18 bits per heavy atom. The Hall–Kier alpha value is -3.39. The molecule has 3 atom stereocenters. The van der Waals surface area contributed by atoms with Gasteiger partial charge in [0.25, 0.3) is 11.8 Å². The third-order valence-electron chi connectivity index (χ3n) is 7.79. The quantitative estimate of drug-likeness (QED) is 0.283. The van der Waals surface area contributed by atoms with E-state index in [1.54, 1.807) is 12.1 Å². The highest BCUT2D eigenvalue weighted by atomic mass is 35.5. The van der Waals surface area contributed by atoms with E-state index in [0.29, 0.717) is 27.3 Å². The van der Waals surface area contributed by atoms with Crippen molar-refractivity contribution in [2.45, 2.75) is 22.7 Å². The molecule has 1 saturated heterocycles. The first-order chi connectivity index (χ1) is 18.1. The van der Waals surface area contributed by atoms with Crippen molar-refractivity contribution >= 4 is 58.4 Å². The smallest absolute Gasteiger partial charge is 0.269 e. The summed E-state index contributed by atoms with van der Waals surface area (Å²) in [6, 6.07) is 19.4. The summed E-state index contributed by atoms with van der Waals surface area (Å²) in [5.74, 6) is -4.54. The maximum Gasteiger partial charge on any atom is 0.269 e. The minimum absolute atomic E-state index is 0.266. The third-order valence-corrected chi connectivity index (χ3v) is 9.33. The van der Waals surface area contributed by atoms with Gasteiger partial charge in [0.05, 0.1) is 11.8 Å². The number of likely N-dealkylation sites (tertiary alicyclic amines) is 1. The first-order valence-corrected chi connectivity index (χ1v) is 13.1. The molecule has 3 aromatic rings. The number of carbonyl (C=O) groups is 4. The van der Waals surface area contributed by atoms with Gasteiger partial charge in [-0.15, -0.1) is 23.2 Å². The van der Waals surface area contributed by atoms with E-state index in [2.05, 4.69) is 10.9 Å². The predicted molar refractivity (Wildman–Crippen MR) is 142 cm³/mol. The Morgan fingerprint density at radius 1 is 0.763 bits per heavy atom. The van der Waals surface area contributed by atoms with Gasteiger partial charge in [0, 0.05) is 10.6 Å². The number of rotatable bonds is 3. The van der Waals surface area contributed by atoms with Crippen molar-refractivity contribution < 1.29 is 19.2 Å². The third kappa shape index (κ3) is 3.16. The summed E-state index contributed by atoms with van der Waals surface area (Å²) in [4.78, 5) is 51.5. The van der Waals surface area contributed by atoms with Crippen LogP contribution in [-0.2, 0) is 24.1 Å². The molecule has 0 unspecified atom stereocenters. The van der Waals surface area contributed by atoms with Gasteiger partial charge in [0.1, 0.15) is 15.8 Å². The molecule has 3 aliphatic carbocycles. The van der Waals surface area contributed by atoms with Crippen molar-refractivity contribution in [3.63, 3.8) is 0 Å². The second kappa shape index (κ2) is 8.56. The van der Waals surface area contributed by atoms with Crippen LogP contribution in [0.5, 0.6) is 0 Å². The number of amides is 4. The van der Waals surface area contributed by atoms with Crippen molar-refractivity contribution in [3.05, 3.63) is 106 Å². The molecule has 10 heteroatoms. The monoisotopic (exact) mass is 567 g/mol. The molecule has 192 valence electrons. The molecule has 1 fully saturated rings. The van der Waals surface area contributed by atoms with Gasteiger partial charge < -0.3 is 0 Å². The van der Waals surface area contributed by atoms with Crippen molar-refractivity contribution in [3.8, 4) is 0 Å². The van der Waals surface area contributed by atoms with Crippen LogP contribution in [0.4, 0.5) is 0 Å². The Bertz CT molecular complexity index is 1420. The van der Waals surface area contributed by atoms with E-state index in [1.807, 2.05) is 48.5 Å².